The van der Waals surface area contributed by atoms with Crippen molar-refractivity contribution in [3.05, 3.63) is 24.3 Å². The van der Waals surface area contributed by atoms with Gasteiger partial charge in [0, 0.05) is 23.8 Å². The Bertz CT molecular complexity index is 571. The number of nitrogens with two attached hydrogens (primary N) is 1. The van der Waals surface area contributed by atoms with Gasteiger partial charge in [-0.05, 0) is 57.0 Å². The van der Waals surface area contributed by atoms with E-state index >= 15 is 0 Å². The molecular formula is C14H21N3O2S. The van der Waals surface area contributed by atoms with Gasteiger partial charge >= 0.3 is 0 Å². The van der Waals surface area contributed by atoms with Crippen molar-refractivity contribution in [3.63, 3.8) is 0 Å². The minimum atomic E-state index is -3.60. The van der Waals surface area contributed by atoms with Gasteiger partial charge in [0.25, 0.3) is 0 Å². The second-order valence-corrected chi connectivity index (χ2v) is 7.49. The van der Waals surface area contributed by atoms with E-state index in [1.165, 1.54) is 12.8 Å². The molecular weight excluding hydrogens is 274 g/mol. The zero-order valence-corrected chi connectivity index (χ0v) is 12.4. The summed E-state index contributed by atoms with van der Waals surface area (Å²) in [5, 5.41) is 8.62. The molecule has 2 aliphatic heterocycles. The molecule has 2 saturated heterocycles. The maximum absolute atomic E-state index is 11.2. The maximum Gasteiger partial charge on any atom is 0.238 e. The van der Waals surface area contributed by atoms with E-state index in [1.54, 1.807) is 24.3 Å². The second kappa shape index (κ2) is 5.02. The van der Waals surface area contributed by atoms with E-state index < -0.39 is 10.0 Å². The zero-order chi connectivity index (χ0) is 14.3. The molecule has 2 bridgehead atoms. The number of hydrogen-bond donors (Lipinski definition) is 2. The Morgan fingerprint density at radius 1 is 1.15 bits per heavy atom. The first-order valence-corrected chi connectivity index (χ1v) is 8.59. The van der Waals surface area contributed by atoms with Crippen LogP contribution in [0, 0.1) is 0 Å². The number of piperidine rings is 1. The number of benzene rings is 1. The molecule has 2 unspecified atom stereocenters. The van der Waals surface area contributed by atoms with Crippen molar-refractivity contribution < 1.29 is 8.42 Å². The van der Waals surface area contributed by atoms with Crippen LogP contribution in [0.5, 0.6) is 0 Å². The smallest absolute Gasteiger partial charge is 0.238 e. The fourth-order valence-corrected chi connectivity index (χ4v) is 4.02. The fourth-order valence-electron chi connectivity index (χ4n) is 3.51. The van der Waals surface area contributed by atoms with Crippen LogP contribution in [-0.2, 0) is 10.0 Å². The number of sulfonamides is 1. The SMILES string of the molecule is CN1C2CCC1CC(Nc1ccc(S(N)(=O)=O)cc1)C2. The van der Waals surface area contributed by atoms with Gasteiger partial charge in [0.2, 0.25) is 10.0 Å². The topological polar surface area (TPSA) is 75.4 Å². The Balaban J connectivity index is 1.67. The van der Waals surface area contributed by atoms with Gasteiger partial charge in [-0.25, -0.2) is 13.6 Å². The highest BCUT2D eigenvalue weighted by Gasteiger charge is 2.38. The Kier molecular flexibility index (Phi) is 3.48. The van der Waals surface area contributed by atoms with Crippen molar-refractivity contribution in [2.75, 3.05) is 12.4 Å². The van der Waals surface area contributed by atoms with Crippen molar-refractivity contribution in [1.29, 1.82) is 0 Å². The summed E-state index contributed by atoms with van der Waals surface area (Å²) in [5.74, 6) is 0. The molecule has 2 heterocycles. The lowest BCUT2D eigenvalue weighted by Crippen LogP contribution is -2.44. The third kappa shape index (κ3) is 2.68. The molecule has 0 saturated carbocycles. The zero-order valence-electron chi connectivity index (χ0n) is 11.6. The van der Waals surface area contributed by atoms with E-state index in [-0.39, 0.29) is 4.90 Å². The van der Waals surface area contributed by atoms with Gasteiger partial charge in [0.1, 0.15) is 0 Å². The van der Waals surface area contributed by atoms with Crippen LogP contribution in [0.4, 0.5) is 5.69 Å². The largest absolute Gasteiger partial charge is 0.382 e. The van der Waals surface area contributed by atoms with Gasteiger partial charge in [-0.3, -0.25) is 0 Å². The quantitative estimate of drug-likeness (QED) is 0.883. The third-order valence-corrected chi connectivity index (χ3v) is 5.58. The van der Waals surface area contributed by atoms with Crippen molar-refractivity contribution >= 4 is 15.7 Å². The van der Waals surface area contributed by atoms with Crippen molar-refractivity contribution in [2.45, 2.75) is 48.7 Å². The second-order valence-electron chi connectivity index (χ2n) is 5.93. The summed E-state index contributed by atoms with van der Waals surface area (Å²) >= 11 is 0. The maximum atomic E-state index is 11.2. The summed E-state index contributed by atoms with van der Waals surface area (Å²) in [6.07, 6.45) is 4.90. The molecule has 0 spiro atoms. The first-order chi connectivity index (χ1) is 9.43. The number of anilines is 1. The Hall–Kier alpha value is -1.11. The molecule has 0 radical (unpaired) electrons. The van der Waals surface area contributed by atoms with Crippen LogP contribution in [0.3, 0.4) is 0 Å². The van der Waals surface area contributed by atoms with E-state index in [2.05, 4.69) is 17.3 Å². The van der Waals surface area contributed by atoms with Gasteiger partial charge in [-0.15, -0.1) is 0 Å². The molecule has 3 N–H and O–H groups in total. The fraction of sp³-hybridized carbons (Fsp3) is 0.571. The monoisotopic (exact) mass is 295 g/mol. The molecule has 6 heteroatoms. The van der Waals surface area contributed by atoms with E-state index in [9.17, 15) is 8.42 Å². The van der Waals surface area contributed by atoms with Crippen LogP contribution < -0.4 is 10.5 Å². The highest BCUT2D eigenvalue weighted by atomic mass is 32.2. The number of nitrogens with one attached hydrogen (secondary N) is 1. The van der Waals surface area contributed by atoms with Crippen LogP contribution in [0.2, 0.25) is 0 Å². The van der Waals surface area contributed by atoms with Gasteiger partial charge in [0.15, 0.2) is 0 Å². The summed E-state index contributed by atoms with van der Waals surface area (Å²) in [5.41, 5.74) is 0.964. The third-order valence-electron chi connectivity index (χ3n) is 4.65. The first kappa shape index (κ1) is 13.9. The van der Waals surface area contributed by atoms with E-state index in [0.29, 0.717) is 18.1 Å². The average Bonchev–Trinajstić information content (AvgIpc) is 2.62. The minimum Gasteiger partial charge on any atom is -0.382 e. The average molecular weight is 295 g/mol. The molecule has 0 aromatic heterocycles. The van der Waals surface area contributed by atoms with Gasteiger partial charge in [-0.2, -0.15) is 0 Å². The molecule has 2 aliphatic rings. The van der Waals surface area contributed by atoms with Crippen LogP contribution in [-0.4, -0.2) is 38.5 Å². The number of fused-ring (bicyclic) bond motifs is 2. The van der Waals surface area contributed by atoms with Gasteiger partial charge in [-0.1, -0.05) is 0 Å². The number of rotatable bonds is 3. The number of nitrogens with zero attached hydrogens (tertiary/aromatic N) is 1. The summed E-state index contributed by atoms with van der Waals surface area (Å²) in [6.45, 7) is 0. The van der Waals surface area contributed by atoms with Gasteiger partial charge in [0.05, 0.1) is 4.90 Å². The standard InChI is InChI=1S/C14H21N3O2S/c1-17-12-4-5-13(17)9-11(8-12)16-10-2-6-14(7-3-10)20(15,18)19/h2-3,6-7,11-13,16H,4-5,8-9H2,1H3,(H2,15,18,19). The molecule has 110 valence electrons. The number of hydrogen-bond acceptors (Lipinski definition) is 4. The predicted molar refractivity (Wildman–Crippen MR) is 79.0 cm³/mol. The van der Waals surface area contributed by atoms with E-state index in [4.69, 9.17) is 5.14 Å². The minimum absolute atomic E-state index is 0.159. The van der Waals surface area contributed by atoms with Crippen LogP contribution >= 0.6 is 0 Å². The normalized spacial score (nSPS) is 30.4. The Labute approximate surface area is 120 Å². The predicted octanol–water partition coefficient (Wildman–Crippen LogP) is 1.37. The molecule has 3 rings (SSSR count). The van der Waals surface area contributed by atoms with E-state index in [0.717, 1.165) is 18.5 Å². The Morgan fingerprint density at radius 3 is 2.20 bits per heavy atom. The van der Waals surface area contributed by atoms with Crippen molar-refractivity contribution in [2.24, 2.45) is 5.14 Å². The molecule has 5 nitrogen and oxygen atoms in total. The Morgan fingerprint density at radius 2 is 1.70 bits per heavy atom. The first-order valence-electron chi connectivity index (χ1n) is 7.05. The lowest BCUT2D eigenvalue weighted by atomic mass is 9.98. The molecule has 2 fully saturated rings. The summed E-state index contributed by atoms with van der Waals surface area (Å²) < 4.78 is 22.4. The van der Waals surface area contributed by atoms with Gasteiger partial charge < -0.3 is 10.2 Å². The lowest BCUT2D eigenvalue weighted by molar-refractivity contribution is 0.169. The van der Waals surface area contributed by atoms with Crippen LogP contribution in [0.1, 0.15) is 25.7 Å². The van der Waals surface area contributed by atoms with Crippen molar-refractivity contribution in [3.8, 4) is 0 Å². The molecule has 0 aliphatic carbocycles. The van der Waals surface area contributed by atoms with E-state index in [1.807, 2.05) is 0 Å². The highest BCUT2D eigenvalue weighted by Crippen LogP contribution is 2.35. The van der Waals surface area contributed by atoms with Crippen LogP contribution in [0.25, 0.3) is 0 Å². The molecule has 1 aromatic rings. The van der Waals surface area contributed by atoms with Crippen molar-refractivity contribution in [1.82, 2.24) is 4.90 Å². The molecule has 20 heavy (non-hydrogen) atoms. The molecule has 0 amide bonds. The summed E-state index contributed by atoms with van der Waals surface area (Å²) in [4.78, 5) is 2.66. The summed E-state index contributed by atoms with van der Waals surface area (Å²) in [6, 6.07) is 8.55. The highest BCUT2D eigenvalue weighted by molar-refractivity contribution is 7.89. The molecule has 1 aromatic carbocycles. The van der Waals surface area contributed by atoms with Crippen LogP contribution in [0.15, 0.2) is 29.2 Å². The number of primary sulfonamides is 1. The summed E-state index contributed by atoms with van der Waals surface area (Å²) in [7, 11) is -1.38. The lowest BCUT2D eigenvalue weighted by Gasteiger charge is -2.37. The molecule has 2 atom stereocenters.